The van der Waals surface area contributed by atoms with Crippen LogP contribution >= 0.6 is 0 Å². The first kappa shape index (κ1) is 18.2. The fourth-order valence-electron chi connectivity index (χ4n) is 4.21. The largest absolute Gasteiger partial charge is 0.396 e. The summed E-state index contributed by atoms with van der Waals surface area (Å²) in [4.78, 5) is 0. The molecule has 0 bridgehead atoms. The number of aliphatic hydroxyl groups is 1. The molecule has 0 saturated heterocycles. The fourth-order valence-corrected chi connectivity index (χ4v) is 4.21. The van der Waals surface area contributed by atoms with Gasteiger partial charge in [0.2, 0.25) is 0 Å². The Hall–Kier alpha value is -1.60. The minimum atomic E-state index is 0.214. The summed E-state index contributed by atoms with van der Waals surface area (Å²) in [6.45, 7) is 9.67. The molecule has 25 heavy (non-hydrogen) atoms. The maximum absolute atomic E-state index is 9.99. The number of aliphatic hydroxyl groups excluding tert-OH is 1. The molecule has 1 aliphatic carbocycles. The Balaban J connectivity index is 1.86. The summed E-state index contributed by atoms with van der Waals surface area (Å²) in [5.74, 6) is 0.214. The van der Waals surface area contributed by atoms with Gasteiger partial charge in [0.15, 0.2) is 0 Å². The molecule has 1 aliphatic rings. The van der Waals surface area contributed by atoms with Crippen molar-refractivity contribution in [1.29, 1.82) is 0 Å². The van der Waals surface area contributed by atoms with Gasteiger partial charge in [0.1, 0.15) is 0 Å². The molecular formula is C24H32O. The molecule has 0 aliphatic heterocycles. The highest BCUT2D eigenvalue weighted by Crippen LogP contribution is 2.46. The minimum absolute atomic E-state index is 0.214. The van der Waals surface area contributed by atoms with Crippen molar-refractivity contribution in [3.8, 4) is 0 Å². The van der Waals surface area contributed by atoms with Crippen LogP contribution in [0.1, 0.15) is 75.1 Å². The Morgan fingerprint density at radius 3 is 2.16 bits per heavy atom. The van der Waals surface area contributed by atoms with Crippen molar-refractivity contribution in [3.63, 3.8) is 0 Å². The highest BCUT2D eigenvalue weighted by molar-refractivity contribution is 5.44. The Morgan fingerprint density at radius 1 is 0.880 bits per heavy atom. The number of aryl methyl sites for hydroxylation is 1. The second kappa shape index (κ2) is 6.96. The first-order valence-electron chi connectivity index (χ1n) is 9.63. The maximum Gasteiger partial charge on any atom is 0.0499 e. The summed E-state index contributed by atoms with van der Waals surface area (Å²) in [6.07, 6.45) is 4.47. The smallest absolute Gasteiger partial charge is 0.0499 e. The summed E-state index contributed by atoms with van der Waals surface area (Å²) < 4.78 is 0. The molecular weight excluding hydrogens is 304 g/mol. The lowest BCUT2D eigenvalue weighted by atomic mass is 9.62. The number of hydrogen-bond donors (Lipinski definition) is 1. The lowest BCUT2D eigenvalue weighted by Gasteiger charge is -2.42. The monoisotopic (exact) mass is 336 g/mol. The van der Waals surface area contributed by atoms with Gasteiger partial charge in [-0.1, -0.05) is 76.2 Å². The topological polar surface area (TPSA) is 20.2 Å². The molecule has 2 aromatic carbocycles. The average molecular weight is 337 g/mol. The van der Waals surface area contributed by atoms with Crippen molar-refractivity contribution >= 4 is 0 Å². The van der Waals surface area contributed by atoms with Crippen molar-refractivity contribution < 1.29 is 5.11 Å². The van der Waals surface area contributed by atoms with Gasteiger partial charge in [-0.15, -0.1) is 0 Å². The molecule has 0 spiro atoms. The zero-order valence-corrected chi connectivity index (χ0v) is 16.2. The van der Waals surface area contributed by atoms with Crippen molar-refractivity contribution in [2.24, 2.45) is 0 Å². The second-order valence-electron chi connectivity index (χ2n) is 8.98. The highest BCUT2D eigenvalue weighted by atomic mass is 16.3. The van der Waals surface area contributed by atoms with Gasteiger partial charge < -0.3 is 5.11 Å². The molecule has 1 heteroatoms. The van der Waals surface area contributed by atoms with Gasteiger partial charge in [0.05, 0.1) is 0 Å². The molecule has 0 fully saturated rings. The summed E-state index contributed by atoms with van der Waals surface area (Å²) in [6, 6.07) is 17.6. The lowest BCUT2D eigenvalue weighted by molar-refractivity contribution is 0.258. The van der Waals surface area contributed by atoms with Crippen LogP contribution in [0.25, 0.3) is 0 Å². The average Bonchev–Trinajstić information content (AvgIpc) is 2.60. The Kier molecular flexibility index (Phi) is 5.06. The van der Waals surface area contributed by atoms with Gasteiger partial charge in [0, 0.05) is 12.5 Å². The molecule has 2 aromatic rings. The van der Waals surface area contributed by atoms with Crippen molar-refractivity contribution in [3.05, 3.63) is 70.8 Å². The molecule has 134 valence electrons. The van der Waals surface area contributed by atoms with Gasteiger partial charge >= 0.3 is 0 Å². The van der Waals surface area contributed by atoms with Crippen LogP contribution in [0.15, 0.2) is 48.5 Å². The number of hydrogen-bond acceptors (Lipinski definition) is 1. The summed E-state index contributed by atoms with van der Waals surface area (Å²) in [5, 5.41) is 9.99. The van der Waals surface area contributed by atoms with E-state index >= 15 is 0 Å². The summed E-state index contributed by atoms with van der Waals surface area (Å²) in [7, 11) is 0. The maximum atomic E-state index is 9.99. The van der Waals surface area contributed by atoms with Crippen LogP contribution in [0.2, 0.25) is 0 Å². The first-order chi connectivity index (χ1) is 11.8. The molecule has 0 amide bonds. The second-order valence-corrected chi connectivity index (χ2v) is 8.98. The van der Waals surface area contributed by atoms with Crippen LogP contribution in [0.5, 0.6) is 0 Å². The highest BCUT2D eigenvalue weighted by Gasteiger charge is 2.37. The molecule has 0 heterocycles. The third-order valence-electron chi connectivity index (χ3n) is 6.19. The number of fused-ring (bicyclic) bond motifs is 1. The number of rotatable bonds is 5. The minimum Gasteiger partial charge on any atom is -0.396 e. The van der Waals surface area contributed by atoms with E-state index in [1.165, 1.54) is 35.1 Å². The molecule has 0 radical (unpaired) electrons. The third kappa shape index (κ3) is 3.82. The Morgan fingerprint density at radius 2 is 1.52 bits per heavy atom. The van der Waals surface area contributed by atoms with E-state index in [1.807, 2.05) is 0 Å². The van der Waals surface area contributed by atoms with Gasteiger partial charge in [0.25, 0.3) is 0 Å². The SMILES string of the molecule is CC1(C)CCC(C)(C)c2cc([C@@H](CO)CCc3ccccc3)ccc21. The zero-order valence-electron chi connectivity index (χ0n) is 16.2. The summed E-state index contributed by atoms with van der Waals surface area (Å²) >= 11 is 0. The Labute approximate surface area is 153 Å². The standard InChI is InChI=1S/C24H32O/c1-23(2)14-15-24(3,4)22-16-19(12-13-21(22)23)20(17-25)11-10-18-8-6-5-7-9-18/h5-9,12-13,16,20,25H,10-11,14-15,17H2,1-4H3/t20-/m1/s1. The molecule has 0 unspecified atom stereocenters. The summed E-state index contributed by atoms with van der Waals surface area (Å²) in [5.41, 5.74) is 6.09. The van der Waals surface area contributed by atoms with Crippen LogP contribution in [0.4, 0.5) is 0 Å². The van der Waals surface area contributed by atoms with E-state index in [0.717, 1.165) is 12.8 Å². The van der Waals surface area contributed by atoms with Crippen molar-refractivity contribution in [1.82, 2.24) is 0 Å². The van der Waals surface area contributed by atoms with Crippen molar-refractivity contribution in [2.45, 2.75) is 70.1 Å². The van der Waals surface area contributed by atoms with Crippen molar-refractivity contribution in [2.75, 3.05) is 6.61 Å². The van der Waals surface area contributed by atoms with Crippen LogP contribution in [0, 0.1) is 0 Å². The number of benzene rings is 2. The van der Waals surface area contributed by atoms with E-state index in [1.54, 1.807) is 0 Å². The molecule has 1 atom stereocenters. The normalized spacial score (nSPS) is 19.2. The van der Waals surface area contributed by atoms with Gasteiger partial charge in [-0.05, 0) is 58.8 Å². The van der Waals surface area contributed by atoms with E-state index in [-0.39, 0.29) is 23.4 Å². The lowest BCUT2D eigenvalue weighted by Crippen LogP contribution is -2.34. The van der Waals surface area contributed by atoms with Crippen LogP contribution in [-0.2, 0) is 17.3 Å². The van der Waals surface area contributed by atoms with Crippen LogP contribution in [0.3, 0.4) is 0 Å². The van der Waals surface area contributed by atoms with Crippen LogP contribution in [-0.4, -0.2) is 11.7 Å². The van der Waals surface area contributed by atoms with E-state index in [4.69, 9.17) is 0 Å². The quantitative estimate of drug-likeness (QED) is 0.737. The zero-order chi connectivity index (χ0) is 18.1. The van der Waals surface area contributed by atoms with Gasteiger partial charge in [-0.2, -0.15) is 0 Å². The van der Waals surface area contributed by atoms with Crippen LogP contribution < -0.4 is 0 Å². The van der Waals surface area contributed by atoms with E-state index in [0.29, 0.717) is 0 Å². The Bertz CT molecular complexity index is 712. The molecule has 3 rings (SSSR count). The third-order valence-corrected chi connectivity index (χ3v) is 6.19. The molecule has 1 N–H and O–H groups in total. The molecule has 0 aromatic heterocycles. The van der Waals surface area contributed by atoms with Gasteiger partial charge in [-0.25, -0.2) is 0 Å². The predicted molar refractivity (Wildman–Crippen MR) is 106 cm³/mol. The fraction of sp³-hybridized carbons (Fsp3) is 0.500. The molecule has 1 nitrogen and oxygen atoms in total. The van der Waals surface area contributed by atoms with E-state index in [2.05, 4.69) is 76.2 Å². The predicted octanol–water partition coefficient (Wildman–Crippen LogP) is 5.74. The van der Waals surface area contributed by atoms with Gasteiger partial charge in [-0.3, -0.25) is 0 Å². The van der Waals surface area contributed by atoms with E-state index in [9.17, 15) is 5.11 Å². The first-order valence-corrected chi connectivity index (χ1v) is 9.63. The molecule has 0 saturated carbocycles. The van der Waals surface area contributed by atoms with E-state index < -0.39 is 0 Å².